The molecule has 112 valence electrons. The molecule has 0 spiro atoms. The molecule has 2 unspecified atom stereocenters. The molecule has 1 aliphatic rings. The highest BCUT2D eigenvalue weighted by molar-refractivity contribution is 5.46. The third-order valence-electron chi connectivity index (χ3n) is 4.02. The van der Waals surface area contributed by atoms with E-state index in [9.17, 15) is 0 Å². The fourth-order valence-corrected chi connectivity index (χ4v) is 2.86. The second kappa shape index (κ2) is 8.28. The van der Waals surface area contributed by atoms with Gasteiger partial charge in [-0.05, 0) is 25.1 Å². The smallest absolute Gasteiger partial charge is 0.0624 e. The van der Waals surface area contributed by atoms with E-state index in [4.69, 9.17) is 4.74 Å². The van der Waals surface area contributed by atoms with Crippen molar-refractivity contribution in [3.63, 3.8) is 0 Å². The highest BCUT2D eigenvalue weighted by atomic mass is 16.5. The van der Waals surface area contributed by atoms with Crippen LogP contribution in [0.15, 0.2) is 30.3 Å². The van der Waals surface area contributed by atoms with Crippen molar-refractivity contribution >= 4 is 5.69 Å². The molecule has 20 heavy (non-hydrogen) atoms. The monoisotopic (exact) mass is 276 g/mol. The van der Waals surface area contributed by atoms with E-state index >= 15 is 0 Å². The molecule has 0 bridgehead atoms. The van der Waals surface area contributed by atoms with Crippen LogP contribution < -0.4 is 10.2 Å². The second-order valence-electron chi connectivity index (χ2n) is 5.60. The van der Waals surface area contributed by atoms with Crippen molar-refractivity contribution in [2.24, 2.45) is 5.92 Å². The molecule has 0 radical (unpaired) electrons. The van der Waals surface area contributed by atoms with Gasteiger partial charge in [0.25, 0.3) is 0 Å². The summed E-state index contributed by atoms with van der Waals surface area (Å²) in [6.07, 6.45) is 2.48. The minimum Gasteiger partial charge on any atom is -0.379 e. The van der Waals surface area contributed by atoms with Gasteiger partial charge in [-0.1, -0.05) is 38.5 Å². The molecule has 0 amide bonds. The number of ether oxygens (including phenoxy) is 1. The maximum absolute atomic E-state index is 5.67. The summed E-state index contributed by atoms with van der Waals surface area (Å²) in [5.74, 6) is 0.590. The summed E-state index contributed by atoms with van der Waals surface area (Å²) < 4.78 is 5.67. The van der Waals surface area contributed by atoms with Crippen LogP contribution in [0.2, 0.25) is 0 Å². The van der Waals surface area contributed by atoms with Gasteiger partial charge >= 0.3 is 0 Å². The zero-order chi connectivity index (χ0) is 14.2. The van der Waals surface area contributed by atoms with Crippen LogP contribution in [0.3, 0.4) is 0 Å². The van der Waals surface area contributed by atoms with E-state index in [0.29, 0.717) is 12.0 Å². The Kier molecular flexibility index (Phi) is 6.34. The van der Waals surface area contributed by atoms with Crippen LogP contribution >= 0.6 is 0 Å². The first-order valence-corrected chi connectivity index (χ1v) is 7.96. The molecule has 2 rings (SSSR count). The number of hydrogen-bond donors (Lipinski definition) is 1. The summed E-state index contributed by atoms with van der Waals surface area (Å²) in [6, 6.07) is 11.3. The van der Waals surface area contributed by atoms with Crippen LogP contribution in [0.1, 0.15) is 26.7 Å². The van der Waals surface area contributed by atoms with E-state index < -0.39 is 0 Å². The molecule has 1 aliphatic heterocycles. The van der Waals surface area contributed by atoms with Gasteiger partial charge < -0.3 is 15.0 Å². The first-order valence-electron chi connectivity index (χ1n) is 7.96. The lowest BCUT2D eigenvalue weighted by molar-refractivity contribution is 0.183. The van der Waals surface area contributed by atoms with Gasteiger partial charge in [-0.25, -0.2) is 0 Å². The molecule has 1 aromatic carbocycles. The molecule has 1 heterocycles. The van der Waals surface area contributed by atoms with Crippen LogP contribution in [0.4, 0.5) is 5.69 Å². The first-order chi connectivity index (χ1) is 9.85. The normalized spacial score (nSPS) is 22.1. The molecule has 3 nitrogen and oxygen atoms in total. The molecule has 3 heteroatoms. The second-order valence-corrected chi connectivity index (χ2v) is 5.60. The summed E-state index contributed by atoms with van der Waals surface area (Å²) in [5.41, 5.74) is 1.34. The zero-order valence-corrected chi connectivity index (χ0v) is 12.8. The topological polar surface area (TPSA) is 24.5 Å². The fraction of sp³-hybridized carbons (Fsp3) is 0.647. The Balaban J connectivity index is 2.00. The minimum absolute atomic E-state index is 0.507. The van der Waals surface area contributed by atoms with Crippen LogP contribution in [-0.4, -0.2) is 38.9 Å². The lowest BCUT2D eigenvalue weighted by Gasteiger charge is -2.30. The number of unbranched alkanes of at least 4 members (excludes halogenated alkanes) is 1. The van der Waals surface area contributed by atoms with Gasteiger partial charge in [0.05, 0.1) is 13.2 Å². The Labute approximate surface area is 123 Å². The fourth-order valence-electron chi connectivity index (χ4n) is 2.86. The largest absolute Gasteiger partial charge is 0.379 e. The van der Waals surface area contributed by atoms with Gasteiger partial charge in [0, 0.05) is 30.7 Å². The quantitative estimate of drug-likeness (QED) is 0.790. The maximum atomic E-state index is 5.67. The lowest BCUT2D eigenvalue weighted by Crippen LogP contribution is -2.42. The van der Waals surface area contributed by atoms with Crippen LogP contribution in [0.25, 0.3) is 0 Å². The SMILES string of the molecule is CCCCN(CC1COCC1NCC)c1ccccc1. The van der Waals surface area contributed by atoms with E-state index in [2.05, 4.69) is 54.4 Å². The Bertz CT molecular complexity index is 369. The highest BCUT2D eigenvalue weighted by Crippen LogP contribution is 2.21. The van der Waals surface area contributed by atoms with E-state index in [-0.39, 0.29) is 0 Å². The molecular weight excluding hydrogens is 248 g/mol. The summed E-state index contributed by atoms with van der Waals surface area (Å²) in [6.45, 7) is 9.40. The van der Waals surface area contributed by atoms with Gasteiger partial charge in [0.2, 0.25) is 0 Å². The minimum atomic E-state index is 0.507. The van der Waals surface area contributed by atoms with Gasteiger partial charge in [-0.2, -0.15) is 0 Å². The number of nitrogens with zero attached hydrogens (tertiary/aromatic N) is 1. The maximum Gasteiger partial charge on any atom is 0.0624 e. The summed E-state index contributed by atoms with van der Waals surface area (Å²) >= 11 is 0. The molecular formula is C17H28N2O. The zero-order valence-electron chi connectivity index (χ0n) is 12.8. The Morgan fingerprint density at radius 2 is 2.00 bits per heavy atom. The van der Waals surface area contributed by atoms with Gasteiger partial charge in [0.1, 0.15) is 0 Å². The number of likely N-dealkylation sites (N-methyl/N-ethyl adjacent to an activating group) is 1. The molecule has 0 aromatic heterocycles. The summed E-state index contributed by atoms with van der Waals surface area (Å²) in [5, 5.41) is 3.56. The third kappa shape index (κ3) is 4.22. The Morgan fingerprint density at radius 1 is 1.20 bits per heavy atom. The highest BCUT2D eigenvalue weighted by Gasteiger charge is 2.29. The number of para-hydroxylation sites is 1. The molecule has 0 saturated carbocycles. The summed E-state index contributed by atoms with van der Waals surface area (Å²) in [7, 11) is 0. The van der Waals surface area contributed by atoms with Crippen LogP contribution in [-0.2, 0) is 4.74 Å². The summed E-state index contributed by atoms with van der Waals surface area (Å²) in [4.78, 5) is 2.52. The number of rotatable bonds is 8. The van der Waals surface area contributed by atoms with Gasteiger partial charge in [-0.3, -0.25) is 0 Å². The molecule has 1 aromatic rings. The lowest BCUT2D eigenvalue weighted by atomic mass is 10.0. The Hall–Kier alpha value is -1.06. The van der Waals surface area contributed by atoms with E-state index in [1.165, 1.54) is 18.5 Å². The average Bonchev–Trinajstić information content (AvgIpc) is 2.92. The third-order valence-corrected chi connectivity index (χ3v) is 4.02. The van der Waals surface area contributed by atoms with Crippen molar-refractivity contribution in [2.45, 2.75) is 32.7 Å². The van der Waals surface area contributed by atoms with Crippen molar-refractivity contribution in [3.05, 3.63) is 30.3 Å². The number of anilines is 1. The van der Waals surface area contributed by atoms with E-state index in [1.807, 2.05) is 0 Å². The number of benzene rings is 1. The van der Waals surface area contributed by atoms with Crippen molar-refractivity contribution in [2.75, 3.05) is 37.7 Å². The van der Waals surface area contributed by atoms with E-state index in [1.54, 1.807) is 0 Å². The van der Waals surface area contributed by atoms with Crippen molar-refractivity contribution < 1.29 is 4.74 Å². The van der Waals surface area contributed by atoms with Gasteiger partial charge in [-0.15, -0.1) is 0 Å². The molecule has 1 N–H and O–H groups in total. The van der Waals surface area contributed by atoms with Gasteiger partial charge in [0.15, 0.2) is 0 Å². The molecule has 1 saturated heterocycles. The van der Waals surface area contributed by atoms with Crippen LogP contribution in [0.5, 0.6) is 0 Å². The standard InChI is InChI=1S/C17H28N2O/c1-3-5-11-19(16-9-7-6-8-10-16)12-15-13-20-14-17(15)18-4-2/h6-10,15,17-18H,3-5,11-14H2,1-2H3. The Morgan fingerprint density at radius 3 is 2.70 bits per heavy atom. The molecule has 1 fully saturated rings. The van der Waals surface area contributed by atoms with Crippen LogP contribution in [0, 0.1) is 5.92 Å². The van der Waals surface area contributed by atoms with E-state index in [0.717, 1.165) is 32.8 Å². The predicted octanol–water partition coefficient (Wildman–Crippen LogP) is 2.92. The average molecular weight is 276 g/mol. The molecule has 2 atom stereocenters. The molecule has 0 aliphatic carbocycles. The first kappa shape index (κ1) is 15.3. The predicted molar refractivity (Wildman–Crippen MR) is 85.3 cm³/mol. The number of nitrogens with one attached hydrogen (secondary N) is 1. The number of hydrogen-bond acceptors (Lipinski definition) is 3. The van der Waals surface area contributed by atoms with Crippen molar-refractivity contribution in [3.8, 4) is 0 Å². The van der Waals surface area contributed by atoms with Crippen molar-refractivity contribution in [1.29, 1.82) is 0 Å². The van der Waals surface area contributed by atoms with Crippen molar-refractivity contribution in [1.82, 2.24) is 5.32 Å².